The number of aromatic hydroxyl groups is 5. The van der Waals surface area contributed by atoms with Crippen molar-refractivity contribution in [2.24, 2.45) is 0 Å². The first-order valence-electron chi connectivity index (χ1n) is 11.5. The lowest BCUT2D eigenvalue weighted by molar-refractivity contribution is -0.110. The molecular weight excluding hydrogens is 474 g/mol. The monoisotopic (exact) mass is 495 g/mol. The maximum atomic E-state index is 11.9. The van der Waals surface area contributed by atoms with E-state index in [1.165, 1.54) is 42.5 Å². The van der Waals surface area contributed by atoms with Gasteiger partial charge in [0.25, 0.3) is 0 Å². The van der Waals surface area contributed by atoms with Crippen LogP contribution < -0.4 is 5.32 Å². The van der Waals surface area contributed by atoms with Crippen LogP contribution in [-0.4, -0.2) is 31.9 Å². The highest BCUT2D eigenvalue weighted by Gasteiger charge is 2.38. The van der Waals surface area contributed by atoms with Gasteiger partial charge in [0, 0.05) is 40.1 Å². The molecule has 0 fully saturated rings. The van der Waals surface area contributed by atoms with E-state index in [1.54, 1.807) is 30.3 Å². The summed E-state index contributed by atoms with van der Waals surface area (Å²) in [4.78, 5) is 11.9. The van der Waals surface area contributed by atoms with Gasteiger partial charge in [0.1, 0.15) is 40.1 Å². The first kappa shape index (κ1) is 22.4. The van der Waals surface area contributed by atoms with Crippen molar-refractivity contribution in [2.75, 3.05) is 0 Å². The average molecular weight is 495 g/mol. The number of rotatable bonds is 4. The Morgan fingerprint density at radius 2 is 1.41 bits per heavy atom. The summed E-state index contributed by atoms with van der Waals surface area (Å²) in [6, 6.07) is 17.8. The zero-order valence-corrected chi connectivity index (χ0v) is 19.2. The number of hydrogen-bond acceptors (Lipinski definition) is 7. The normalized spacial score (nSPS) is 16.2. The predicted molar refractivity (Wildman–Crippen MR) is 136 cm³/mol. The van der Waals surface area contributed by atoms with Crippen LogP contribution in [0.1, 0.15) is 28.7 Å². The van der Waals surface area contributed by atoms with Crippen LogP contribution in [0.3, 0.4) is 0 Å². The topological polar surface area (TPSA) is 143 Å². The largest absolute Gasteiger partial charge is 0.508 e. The molecule has 6 N–H and O–H groups in total. The van der Waals surface area contributed by atoms with Crippen LogP contribution >= 0.6 is 0 Å². The second-order valence-corrected chi connectivity index (χ2v) is 9.02. The smallest absolute Gasteiger partial charge is 0.207 e. The van der Waals surface area contributed by atoms with E-state index >= 15 is 0 Å². The Balaban J connectivity index is 1.79. The lowest BCUT2D eigenvalue weighted by atomic mass is 9.80. The molecule has 2 atom stereocenters. The summed E-state index contributed by atoms with van der Waals surface area (Å²) in [5, 5.41) is 55.6. The first-order chi connectivity index (χ1) is 17.9. The molecule has 1 amide bonds. The third-order valence-electron chi connectivity index (χ3n) is 6.83. The second kappa shape index (κ2) is 8.23. The van der Waals surface area contributed by atoms with Crippen molar-refractivity contribution in [1.82, 2.24) is 5.32 Å². The highest BCUT2D eigenvalue weighted by molar-refractivity contribution is 6.06. The Morgan fingerprint density at radius 3 is 2.08 bits per heavy atom. The van der Waals surface area contributed by atoms with Crippen molar-refractivity contribution in [3.05, 3.63) is 89.5 Å². The fourth-order valence-electron chi connectivity index (χ4n) is 5.37. The van der Waals surface area contributed by atoms with E-state index in [0.717, 1.165) is 0 Å². The van der Waals surface area contributed by atoms with E-state index in [2.05, 4.69) is 5.32 Å². The number of amides is 1. The summed E-state index contributed by atoms with van der Waals surface area (Å²) < 4.78 is 6.24. The van der Waals surface area contributed by atoms with Crippen LogP contribution in [0, 0.1) is 0 Å². The summed E-state index contributed by atoms with van der Waals surface area (Å²) in [7, 11) is 0. The molecule has 0 spiro atoms. The van der Waals surface area contributed by atoms with E-state index in [-0.39, 0.29) is 28.7 Å². The summed E-state index contributed by atoms with van der Waals surface area (Å²) in [5.41, 5.74) is 3.61. The molecule has 0 saturated heterocycles. The van der Waals surface area contributed by atoms with Crippen LogP contribution in [0.2, 0.25) is 0 Å². The molecule has 8 nitrogen and oxygen atoms in total. The van der Waals surface area contributed by atoms with Crippen molar-refractivity contribution >= 4 is 17.4 Å². The lowest BCUT2D eigenvalue weighted by Crippen LogP contribution is -2.26. The summed E-state index contributed by atoms with van der Waals surface area (Å²) in [5.74, 6) is -0.612. The van der Waals surface area contributed by atoms with Gasteiger partial charge in [-0.1, -0.05) is 12.1 Å². The maximum Gasteiger partial charge on any atom is 0.207 e. The molecule has 2 unspecified atom stereocenters. The first-order valence-corrected chi connectivity index (χ1v) is 11.5. The van der Waals surface area contributed by atoms with Crippen LogP contribution in [-0.2, 0) is 4.79 Å². The Labute approximate surface area is 210 Å². The number of fused-ring (bicyclic) bond motifs is 2. The molecule has 1 aliphatic carbocycles. The van der Waals surface area contributed by atoms with E-state index in [0.29, 0.717) is 56.5 Å². The minimum Gasteiger partial charge on any atom is -0.508 e. The van der Waals surface area contributed by atoms with Crippen LogP contribution in [0.5, 0.6) is 28.7 Å². The van der Waals surface area contributed by atoms with Crippen LogP contribution in [0.4, 0.5) is 0 Å². The molecule has 0 aliphatic heterocycles. The minimum atomic E-state index is -0.766. The van der Waals surface area contributed by atoms with Gasteiger partial charge in [-0.25, -0.2) is 0 Å². The van der Waals surface area contributed by atoms with Crippen molar-refractivity contribution in [3.8, 4) is 51.2 Å². The van der Waals surface area contributed by atoms with Gasteiger partial charge in [-0.2, -0.15) is 0 Å². The molecule has 0 saturated carbocycles. The van der Waals surface area contributed by atoms with Crippen LogP contribution in [0.15, 0.2) is 77.2 Å². The molecule has 1 heterocycles. The highest BCUT2D eigenvalue weighted by Crippen LogP contribution is 2.56. The Bertz CT molecular complexity index is 1670. The average Bonchev–Trinajstić information content (AvgIpc) is 3.19. The van der Waals surface area contributed by atoms with Gasteiger partial charge in [-0.05, 0) is 65.2 Å². The van der Waals surface area contributed by atoms with Gasteiger partial charge in [0.15, 0.2) is 0 Å². The number of hydrogen-bond donors (Lipinski definition) is 6. The van der Waals surface area contributed by atoms with Crippen molar-refractivity contribution < 1.29 is 34.7 Å². The molecule has 0 bridgehead atoms. The fraction of sp³-hybridized carbons (Fsp3) is 0.0690. The van der Waals surface area contributed by atoms with Crippen molar-refractivity contribution in [3.63, 3.8) is 0 Å². The van der Waals surface area contributed by atoms with Gasteiger partial charge >= 0.3 is 0 Å². The number of benzene rings is 4. The summed E-state index contributed by atoms with van der Waals surface area (Å²) in [6.45, 7) is 0. The Hall–Kier alpha value is -5.11. The van der Waals surface area contributed by atoms with E-state index in [9.17, 15) is 30.3 Å². The number of carbonyl (C=O) groups excluding carboxylic acids is 1. The lowest BCUT2D eigenvalue weighted by Gasteiger charge is -2.29. The molecule has 0 radical (unpaired) electrons. The van der Waals surface area contributed by atoms with Crippen molar-refractivity contribution in [2.45, 2.75) is 12.0 Å². The van der Waals surface area contributed by atoms with Gasteiger partial charge in [-0.3, -0.25) is 4.79 Å². The molecule has 4 aromatic carbocycles. The summed E-state index contributed by atoms with van der Waals surface area (Å²) in [6.07, 6.45) is 0.553. The number of nitrogens with one attached hydrogen (secondary N) is 1. The number of furan rings is 1. The quantitative estimate of drug-likeness (QED) is 0.187. The molecule has 8 heteroatoms. The van der Waals surface area contributed by atoms with Gasteiger partial charge in [-0.15, -0.1) is 0 Å². The molecular formula is C29H21NO7. The zero-order chi connectivity index (χ0) is 25.8. The number of phenols is 5. The van der Waals surface area contributed by atoms with E-state index < -0.39 is 12.0 Å². The van der Waals surface area contributed by atoms with E-state index in [1.807, 2.05) is 0 Å². The Kier molecular flexibility index (Phi) is 4.98. The Morgan fingerprint density at radius 1 is 0.757 bits per heavy atom. The highest BCUT2D eigenvalue weighted by atomic mass is 16.3. The standard InChI is InChI=1S/C29H21NO7/c31-13-30-28-21-10-19(35)12-23-26(21)27(29(37-23)15-3-7-17(33)8-4-15)20-9-18(34)11-22(36)25(20)24(28)14-1-5-16(32)6-2-14/h1-13,24,28,32-36H,(H,30,31). The van der Waals surface area contributed by atoms with Crippen LogP contribution in [0.25, 0.3) is 33.4 Å². The third kappa shape index (κ3) is 3.49. The van der Waals surface area contributed by atoms with Gasteiger partial charge < -0.3 is 35.3 Å². The maximum absolute atomic E-state index is 11.9. The fourth-order valence-corrected chi connectivity index (χ4v) is 5.37. The SMILES string of the molecule is O=CNC1c2cc(O)cc3oc(-c4ccc(O)cc4)c(c23)-c2cc(O)cc(O)c2C1c1ccc(O)cc1. The third-order valence-corrected chi connectivity index (χ3v) is 6.83. The summed E-state index contributed by atoms with van der Waals surface area (Å²) >= 11 is 0. The number of phenolic OH excluding ortho intramolecular Hbond substituents is 5. The van der Waals surface area contributed by atoms with Gasteiger partial charge in [0.2, 0.25) is 6.41 Å². The molecule has 1 aromatic heterocycles. The number of carbonyl (C=O) groups is 1. The molecule has 37 heavy (non-hydrogen) atoms. The molecule has 5 aromatic rings. The molecule has 1 aliphatic rings. The molecule has 6 rings (SSSR count). The second-order valence-electron chi connectivity index (χ2n) is 9.02. The predicted octanol–water partition coefficient (Wildman–Crippen LogP) is 5.23. The van der Waals surface area contributed by atoms with Crippen molar-refractivity contribution in [1.29, 1.82) is 0 Å². The van der Waals surface area contributed by atoms with Gasteiger partial charge in [0.05, 0.1) is 6.04 Å². The zero-order valence-electron chi connectivity index (χ0n) is 19.2. The minimum absolute atomic E-state index is 0.0532. The van der Waals surface area contributed by atoms with E-state index in [4.69, 9.17) is 4.42 Å². The molecule has 184 valence electrons.